The first-order chi connectivity index (χ1) is 12.0. The molecule has 0 saturated carbocycles. The average molecular weight is 353 g/mol. The molecule has 0 spiro atoms. The zero-order valence-corrected chi connectivity index (χ0v) is 14.2. The molecule has 0 bridgehead atoms. The van der Waals surface area contributed by atoms with Crippen molar-refractivity contribution in [3.8, 4) is 0 Å². The Balaban J connectivity index is 1.72. The fraction of sp³-hybridized carbons (Fsp3) is 0.211. The number of nitroso groups, excluding NO2 is 1. The minimum Gasteiger partial charge on any atom is -0.478 e. The third-order valence-corrected chi connectivity index (χ3v) is 5.31. The van der Waals surface area contributed by atoms with Gasteiger partial charge in [-0.05, 0) is 41.7 Å². The van der Waals surface area contributed by atoms with E-state index in [0.717, 1.165) is 23.2 Å². The normalized spacial score (nSPS) is 23.5. The van der Waals surface area contributed by atoms with E-state index in [1.165, 1.54) is 0 Å². The molecule has 2 aromatic carbocycles. The van der Waals surface area contributed by atoms with Crippen LogP contribution in [0.1, 0.15) is 39.9 Å². The molecule has 3 unspecified atom stereocenters. The Hall–Kier alpha value is -2.60. The van der Waals surface area contributed by atoms with Crippen LogP contribution in [0.5, 0.6) is 0 Å². The number of nitrogens with one attached hydrogen (secondary N) is 1. The van der Waals surface area contributed by atoms with Crippen molar-refractivity contribution in [3.05, 3.63) is 76.2 Å². The molecule has 126 valence electrons. The molecule has 0 radical (unpaired) electrons. The number of carboxylic acids is 1. The fourth-order valence-corrected chi connectivity index (χ4v) is 4.00. The van der Waals surface area contributed by atoms with Crippen LogP contribution >= 0.6 is 12.8 Å². The lowest BCUT2D eigenvalue weighted by Gasteiger charge is -2.37. The highest BCUT2D eigenvalue weighted by Gasteiger charge is 2.38. The minimum absolute atomic E-state index is 0.109. The number of anilines is 1. The first-order valence-corrected chi connectivity index (χ1v) is 8.51. The van der Waals surface area contributed by atoms with E-state index in [1.807, 2.05) is 18.2 Å². The first-order valence-electron chi connectivity index (χ1n) is 8.11. The number of allylic oxidation sites excluding steroid dienone is 2. The van der Waals surface area contributed by atoms with Gasteiger partial charge in [-0.15, -0.1) is 0 Å². The van der Waals surface area contributed by atoms with Crippen LogP contribution in [0, 0.1) is 10.8 Å². The van der Waals surface area contributed by atoms with E-state index < -0.39 is 5.97 Å². The van der Waals surface area contributed by atoms with Crippen molar-refractivity contribution in [3.63, 3.8) is 0 Å². The number of nitrogens with zero attached hydrogens (tertiary/aromatic N) is 1. The third-order valence-electron chi connectivity index (χ3n) is 5.08. The highest BCUT2D eigenvalue weighted by molar-refractivity contribution is 7.73. The van der Waals surface area contributed by atoms with Gasteiger partial charge >= 0.3 is 5.97 Å². The van der Waals surface area contributed by atoms with Crippen molar-refractivity contribution < 1.29 is 14.1 Å². The van der Waals surface area contributed by atoms with Gasteiger partial charge in [0.2, 0.25) is 12.8 Å². The average Bonchev–Trinajstić information content (AvgIpc) is 3.10. The Morgan fingerprint density at radius 2 is 1.96 bits per heavy atom. The molecule has 4 rings (SSSR count). The van der Waals surface area contributed by atoms with Gasteiger partial charge in [-0.1, -0.05) is 24.3 Å². The van der Waals surface area contributed by atoms with Gasteiger partial charge in [0, 0.05) is 28.6 Å². The van der Waals surface area contributed by atoms with Crippen LogP contribution in [0.4, 0.5) is 11.4 Å². The lowest BCUT2D eigenvalue weighted by molar-refractivity contribution is -0.259. The predicted octanol–water partition coefficient (Wildman–Crippen LogP) is 4.47. The Kier molecular flexibility index (Phi) is 3.84. The second kappa shape index (κ2) is 6.04. The molecule has 0 saturated heterocycles. The first kappa shape index (κ1) is 15.9. The number of rotatable bonds is 3. The molecule has 5 nitrogen and oxygen atoms in total. The number of benzene rings is 2. The highest BCUT2D eigenvalue weighted by Crippen LogP contribution is 2.50. The summed E-state index contributed by atoms with van der Waals surface area (Å²) in [7, 11) is 0. The molecular weight excluding hydrogens is 336 g/mol. The summed E-state index contributed by atoms with van der Waals surface area (Å²) < 4.78 is 0.542. The number of fused-ring (bicyclic) bond motifs is 3. The van der Waals surface area contributed by atoms with E-state index in [-0.39, 0.29) is 12.0 Å². The zero-order valence-electron chi connectivity index (χ0n) is 13.3. The molecule has 25 heavy (non-hydrogen) atoms. The maximum absolute atomic E-state index is 11.3. The molecule has 0 amide bonds. The molecule has 6 heteroatoms. The molecule has 0 aromatic heterocycles. The van der Waals surface area contributed by atoms with Crippen LogP contribution in [0.15, 0.2) is 54.6 Å². The molecule has 2 aromatic rings. The van der Waals surface area contributed by atoms with Crippen molar-refractivity contribution in [1.82, 2.24) is 0 Å². The highest BCUT2D eigenvalue weighted by atomic mass is 32.1. The molecular formula is C19H17N2O3S+. The quantitative estimate of drug-likeness (QED) is 0.433. The van der Waals surface area contributed by atoms with E-state index >= 15 is 0 Å². The largest absolute Gasteiger partial charge is 0.478 e. The Morgan fingerprint density at radius 3 is 2.64 bits per heavy atom. The maximum Gasteiger partial charge on any atom is 0.335 e. The van der Waals surface area contributed by atoms with Gasteiger partial charge in [0.05, 0.1) is 11.6 Å². The maximum atomic E-state index is 11.3. The summed E-state index contributed by atoms with van der Waals surface area (Å²) in [4.78, 5) is 22.6. The van der Waals surface area contributed by atoms with Gasteiger partial charge in [0.1, 0.15) is 4.17 Å². The summed E-state index contributed by atoms with van der Waals surface area (Å²) in [6, 6.07) is 12.8. The second-order valence-electron chi connectivity index (χ2n) is 6.45. The van der Waals surface area contributed by atoms with Gasteiger partial charge in [0.25, 0.3) is 5.69 Å². The van der Waals surface area contributed by atoms with E-state index in [4.69, 9.17) is 0 Å². The Bertz CT molecular complexity index is 892. The Labute approximate surface area is 150 Å². The van der Waals surface area contributed by atoms with Crippen LogP contribution in [0.3, 0.4) is 0 Å². The summed E-state index contributed by atoms with van der Waals surface area (Å²) in [5.41, 5.74) is 3.91. The number of hydrogen-bond donors (Lipinski definition) is 3. The van der Waals surface area contributed by atoms with Crippen LogP contribution < -0.4 is 5.32 Å². The SMILES string of the molecule is O=C(O)c1ccc2c(c1)C1C=CCC1C(c1ccc([N+](=O)S)cc1)N2. The topological polar surface area (TPSA) is 69.4 Å². The van der Waals surface area contributed by atoms with Gasteiger partial charge < -0.3 is 10.4 Å². The standard InChI is InChI=1S/C19H16N2O3S/c22-19(23)12-6-9-17-16(10-12)14-2-1-3-15(14)18(20-17)11-4-7-13(8-5-11)21(24)25/h1-2,4-10,14-15,18,20H,3H2,(H-,22,23,24,25)/p+1. The lowest BCUT2D eigenvalue weighted by Crippen LogP contribution is -2.29. The Morgan fingerprint density at radius 1 is 1.20 bits per heavy atom. The summed E-state index contributed by atoms with van der Waals surface area (Å²) in [5.74, 6) is -0.393. The molecule has 2 N–H and O–H groups in total. The van der Waals surface area contributed by atoms with Gasteiger partial charge in [-0.2, -0.15) is 0 Å². The second-order valence-corrected chi connectivity index (χ2v) is 6.81. The van der Waals surface area contributed by atoms with Gasteiger partial charge in [-0.25, -0.2) is 4.79 Å². The van der Waals surface area contributed by atoms with E-state index in [9.17, 15) is 14.8 Å². The smallest absolute Gasteiger partial charge is 0.335 e. The van der Waals surface area contributed by atoms with Crippen molar-refractivity contribution >= 4 is 30.2 Å². The zero-order chi connectivity index (χ0) is 17.6. The number of carboxylic acid groups (broad SMARTS) is 1. The summed E-state index contributed by atoms with van der Waals surface area (Å²) in [6.45, 7) is 0. The van der Waals surface area contributed by atoms with Crippen molar-refractivity contribution in [2.24, 2.45) is 5.92 Å². The number of carbonyl (C=O) groups is 1. The minimum atomic E-state index is -0.909. The summed E-state index contributed by atoms with van der Waals surface area (Å²) in [6.07, 6.45) is 5.26. The number of hydrogen-bond acceptors (Lipinski definition) is 3. The van der Waals surface area contributed by atoms with Gasteiger partial charge in [0.15, 0.2) is 0 Å². The van der Waals surface area contributed by atoms with Crippen molar-refractivity contribution in [2.45, 2.75) is 18.4 Å². The summed E-state index contributed by atoms with van der Waals surface area (Å²) in [5, 5.41) is 12.8. The molecule has 1 aliphatic heterocycles. The van der Waals surface area contributed by atoms with Crippen molar-refractivity contribution in [2.75, 3.05) is 5.32 Å². The van der Waals surface area contributed by atoms with Crippen LogP contribution in [0.25, 0.3) is 0 Å². The molecule has 0 fully saturated rings. The fourth-order valence-electron chi connectivity index (χ4n) is 3.87. The predicted molar refractivity (Wildman–Crippen MR) is 98.5 cm³/mol. The van der Waals surface area contributed by atoms with Crippen molar-refractivity contribution in [1.29, 1.82) is 0 Å². The molecule has 1 aliphatic carbocycles. The van der Waals surface area contributed by atoms with E-state index in [2.05, 4.69) is 30.3 Å². The van der Waals surface area contributed by atoms with E-state index in [0.29, 0.717) is 21.3 Å². The van der Waals surface area contributed by atoms with Crippen LogP contribution in [-0.2, 0) is 0 Å². The summed E-state index contributed by atoms with van der Waals surface area (Å²) >= 11 is 3.78. The molecule has 3 atom stereocenters. The van der Waals surface area contributed by atoms with Crippen LogP contribution in [0.2, 0.25) is 0 Å². The number of aromatic carboxylic acids is 1. The van der Waals surface area contributed by atoms with Crippen LogP contribution in [-0.4, -0.2) is 15.2 Å². The van der Waals surface area contributed by atoms with Gasteiger partial charge in [-0.3, -0.25) is 0 Å². The monoisotopic (exact) mass is 353 g/mol. The molecule has 2 aliphatic rings. The van der Waals surface area contributed by atoms with E-state index in [1.54, 1.807) is 24.3 Å². The third kappa shape index (κ3) is 2.72. The number of thiol groups is 1. The molecule has 1 heterocycles. The lowest BCUT2D eigenvalue weighted by atomic mass is 9.76.